The Balaban J connectivity index is 0.000000160. The van der Waals surface area contributed by atoms with Gasteiger partial charge >= 0.3 is 0 Å². The monoisotopic (exact) mass is 733 g/mol. The molecule has 6 aromatic rings. The van der Waals surface area contributed by atoms with Gasteiger partial charge in [0.25, 0.3) is 11.8 Å². The number of morpholine rings is 1. The third kappa shape index (κ3) is 6.93. The third-order valence-corrected chi connectivity index (χ3v) is 9.95. The van der Waals surface area contributed by atoms with Gasteiger partial charge in [0, 0.05) is 68.4 Å². The van der Waals surface area contributed by atoms with Crippen LogP contribution in [-0.4, -0.2) is 102 Å². The summed E-state index contributed by atoms with van der Waals surface area (Å²) in [5.74, 6) is 1.40. The molecule has 4 aromatic heterocycles. The molecule has 2 N–H and O–H groups in total. The molecule has 0 atom stereocenters. The van der Waals surface area contributed by atoms with Gasteiger partial charge in [0.2, 0.25) is 0 Å². The number of methoxy groups -OCH3 is 2. The van der Waals surface area contributed by atoms with E-state index in [-0.39, 0.29) is 17.6 Å². The van der Waals surface area contributed by atoms with Gasteiger partial charge in [-0.05, 0) is 60.4 Å². The minimum Gasteiger partial charge on any atom is -0.496 e. The lowest BCUT2D eigenvalue weighted by Crippen LogP contribution is -2.38. The molecule has 2 aromatic carbocycles. The number of amides is 2. The first-order valence-electron chi connectivity index (χ1n) is 17.9. The number of fused-ring (bicyclic) bond motifs is 4. The Hall–Kier alpha value is -5.99. The van der Waals surface area contributed by atoms with E-state index in [1.807, 2.05) is 51.5 Å². The summed E-state index contributed by atoms with van der Waals surface area (Å²) in [6.07, 6.45) is 8.68. The summed E-state index contributed by atoms with van der Waals surface area (Å²) >= 11 is 0. The van der Waals surface area contributed by atoms with Gasteiger partial charge in [0.1, 0.15) is 41.0 Å². The van der Waals surface area contributed by atoms with Crippen LogP contribution in [0.3, 0.4) is 0 Å². The van der Waals surface area contributed by atoms with Crippen molar-refractivity contribution in [1.29, 1.82) is 0 Å². The highest BCUT2D eigenvalue weighted by atomic mass is 19.1. The quantitative estimate of drug-likeness (QED) is 0.233. The minimum absolute atomic E-state index is 0.0818. The summed E-state index contributed by atoms with van der Waals surface area (Å²) in [6.45, 7) is 6.26. The molecule has 54 heavy (non-hydrogen) atoms. The third-order valence-electron chi connectivity index (χ3n) is 9.95. The van der Waals surface area contributed by atoms with Crippen molar-refractivity contribution in [3.8, 4) is 39.8 Å². The van der Waals surface area contributed by atoms with Gasteiger partial charge in [-0.25, -0.2) is 14.4 Å². The minimum atomic E-state index is -0.325. The highest BCUT2D eigenvalue weighted by molar-refractivity contribution is 6.01. The first kappa shape index (κ1) is 35.1. The fraction of sp³-hybridized carbons (Fsp3) is 0.300. The van der Waals surface area contributed by atoms with E-state index >= 15 is 0 Å². The molecule has 0 unspecified atom stereocenters. The molecule has 0 bridgehead atoms. The van der Waals surface area contributed by atoms with Crippen LogP contribution in [0.2, 0.25) is 0 Å². The average Bonchev–Trinajstić information content (AvgIpc) is 3.82. The van der Waals surface area contributed by atoms with E-state index in [1.165, 1.54) is 12.1 Å². The van der Waals surface area contributed by atoms with Crippen LogP contribution in [0.4, 0.5) is 4.39 Å². The maximum Gasteiger partial charge on any atom is 0.255 e. The second kappa shape index (κ2) is 15.2. The zero-order valence-electron chi connectivity index (χ0n) is 30.1. The molecule has 0 saturated carbocycles. The van der Waals surface area contributed by atoms with Gasteiger partial charge in [-0.1, -0.05) is 0 Å². The van der Waals surface area contributed by atoms with Gasteiger partial charge in [0.15, 0.2) is 0 Å². The normalized spacial score (nSPS) is 15.5. The standard InChI is InChI=1S/C23H26N4O4.C17H14FN3O2/c1-29-20-13-17(12-16-2-4-24-23(28)22(16)20)19-15-25-21-14-18(3-5-27(19)21)31-11-8-26-6-9-30-10-7-26;1-23-14-7-11(6-10-2-4-19-17(22)16(10)14)13-9-20-15-8-12(18)3-5-21(13)15/h3,5,12-15H,2,4,6-11H2,1H3,(H,24,28);3,5-9H,2,4H2,1H3,(H,19,22). The van der Waals surface area contributed by atoms with Crippen LogP contribution >= 0.6 is 0 Å². The summed E-state index contributed by atoms with van der Waals surface area (Å²) in [5.41, 5.74) is 8.13. The Morgan fingerprint density at radius 2 is 1.31 bits per heavy atom. The van der Waals surface area contributed by atoms with E-state index < -0.39 is 0 Å². The van der Waals surface area contributed by atoms with Crippen molar-refractivity contribution in [3.05, 3.63) is 101 Å². The van der Waals surface area contributed by atoms with E-state index in [1.54, 1.807) is 26.6 Å². The van der Waals surface area contributed by atoms with Crippen molar-refractivity contribution in [2.45, 2.75) is 12.8 Å². The summed E-state index contributed by atoms with van der Waals surface area (Å²) in [4.78, 5) is 35.5. The molecule has 0 aliphatic carbocycles. The van der Waals surface area contributed by atoms with E-state index in [4.69, 9.17) is 18.9 Å². The molecule has 1 saturated heterocycles. The first-order valence-corrected chi connectivity index (χ1v) is 17.9. The lowest BCUT2D eigenvalue weighted by molar-refractivity contribution is 0.0322. The zero-order valence-corrected chi connectivity index (χ0v) is 30.1. The Kier molecular flexibility index (Phi) is 9.85. The van der Waals surface area contributed by atoms with Gasteiger partial charge in [-0.15, -0.1) is 0 Å². The lowest BCUT2D eigenvalue weighted by Gasteiger charge is -2.26. The van der Waals surface area contributed by atoms with Crippen LogP contribution < -0.4 is 24.8 Å². The van der Waals surface area contributed by atoms with Crippen LogP contribution in [0, 0.1) is 5.82 Å². The molecule has 13 nitrogen and oxygen atoms in total. The van der Waals surface area contributed by atoms with Crippen molar-refractivity contribution in [2.24, 2.45) is 0 Å². The van der Waals surface area contributed by atoms with Crippen molar-refractivity contribution in [2.75, 3.05) is 66.8 Å². The SMILES string of the molecule is COc1cc(-c2cnc3cc(F)ccn23)cc2c1C(=O)NCC2.COc1cc(-c2cnc3cc(OCCN4CCOCC4)ccn23)cc2c1C(=O)NCC2. The van der Waals surface area contributed by atoms with Crippen molar-refractivity contribution >= 4 is 23.1 Å². The summed E-state index contributed by atoms with van der Waals surface area (Å²) < 4.78 is 39.4. The molecule has 7 heterocycles. The highest BCUT2D eigenvalue weighted by Gasteiger charge is 2.25. The Labute approximate surface area is 310 Å². The highest BCUT2D eigenvalue weighted by Crippen LogP contribution is 2.34. The number of benzene rings is 2. The predicted molar refractivity (Wildman–Crippen MR) is 199 cm³/mol. The van der Waals surface area contributed by atoms with Crippen molar-refractivity contribution in [1.82, 2.24) is 34.3 Å². The summed E-state index contributed by atoms with van der Waals surface area (Å²) in [5, 5.41) is 5.71. The predicted octanol–water partition coefficient (Wildman–Crippen LogP) is 4.44. The number of hydrogen-bond acceptors (Lipinski definition) is 9. The smallest absolute Gasteiger partial charge is 0.255 e. The maximum absolute atomic E-state index is 13.3. The molecule has 2 amide bonds. The average molecular weight is 734 g/mol. The maximum atomic E-state index is 13.3. The fourth-order valence-electron chi connectivity index (χ4n) is 7.22. The van der Waals surface area contributed by atoms with Crippen LogP contribution in [0.25, 0.3) is 33.8 Å². The lowest BCUT2D eigenvalue weighted by atomic mass is 9.95. The topological polar surface area (TPSA) is 133 Å². The second-order valence-corrected chi connectivity index (χ2v) is 13.2. The molecule has 3 aliphatic heterocycles. The molecule has 0 spiro atoms. The van der Waals surface area contributed by atoms with Crippen LogP contribution in [0.5, 0.6) is 17.2 Å². The molecular weight excluding hydrogens is 693 g/mol. The number of imidazole rings is 2. The fourth-order valence-corrected chi connectivity index (χ4v) is 7.22. The zero-order chi connectivity index (χ0) is 37.2. The van der Waals surface area contributed by atoms with Crippen LogP contribution in [-0.2, 0) is 17.6 Å². The number of hydrogen-bond donors (Lipinski definition) is 2. The number of halogens is 1. The number of pyridine rings is 2. The van der Waals surface area contributed by atoms with Gasteiger partial charge in [-0.2, -0.15) is 0 Å². The number of ether oxygens (including phenoxy) is 4. The van der Waals surface area contributed by atoms with E-state index in [0.717, 1.165) is 90.7 Å². The molecule has 278 valence electrons. The largest absolute Gasteiger partial charge is 0.496 e. The van der Waals surface area contributed by atoms with Crippen LogP contribution in [0.1, 0.15) is 31.8 Å². The van der Waals surface area contributed by atoms with E-state index in [0.29, 0.717) is 48.0 Å². The number of aromatic nitrogens is 4. The molecule has 1 fully saturated rings. The number of carbonyl (C=O) groups is 2. The number of nitrogens with zero attached hydrogens (tertiary/aromatic N) is 5. The van der Waals surface area contributed by atoms with E-state index in [9.17, 15) is 14.0 Å². The molecule has 0 radical (unpaired) electrons. The van der Waals surface area contributed by atoms with Gasteiger partial charge < -0.3 is 29.6 Å². The van der Waals surface area contributed by atoms with Crippen LogP contribution in [0.15, 0.2) is 73.3 Å². The Morgan fingerprint density at radius 3 is 1.89 bits per heavy atom. The number of carbonyl (C=O) groups excluding carboxylic acids is 2. The van der Waals surface area contributed by atoms with Gasteiger partial charge in [0.05, 0.1) is 62.3 Å². The molecule has 14 heteroatoms. The molecule has 3 aliphatic rings. The Bertz CT molecular complexity index is 2330. The molecule has 9 rings (SSSR count). The van der Waals surface area contributed by atoms with Crippen molar-refractivity contribution in [3.63, 3.8) is 0 Å². The van der Waals surface area contributed by atoms with Crippen molar-refractivity contribution < 1.29 is 32.9 Å². The number of nitrogens with one attached hydrogen (secondary N) is 2. The Morgan fingerprint density at radius 1 is 0.759 bits per heavy atom. The molecular formula is C40H40FN7O6. The number of rotatable bonds is 8. The second-order valence-electron chi connectivity index (χ2n) is 13.2. The van der Waals surface area contributed by atoms with Gasteiger partial charge in [-0.3, -0.25) is 23.3 Å². The first-order chi connectivity index (χ1) is 26.4. The van der Waals surface area contributed by atoms with E-state index in [2.05, 4.69) is 31.6 Å². The summed E-state index contributed by atoms with van der Waals surface area (Å²) in [7, 11) is 3.14. The summed E-state index contributed by atoms with van der Waals surface area (Å²) in [6, 6.07) is 14.4.